The van der Waals surface area contributed by atoms with Crippen LogP contribution in [0.3, 0.4) is 0 Å². The van der Waals surface area contributed by atoms with Crippen molar-refractivity contribution in [1.82, 2.24) is 4.31 Å². The largest absolute Gasteiger partial charge is 0.326 e. The lowest BCUT2D eigenvalue weighted by molar-refractivity contribution is 0.301. The first-order chi connectivity index (χ1) is 7.04. The Kier molecular flexibility index (Phi) is 3.05. The Morgan fingerprint density at radius 1 is 1.40 bits per heavy atom. The number of unbranched alkanes of at least 4 members (excludes halogenated alkanes) is 1. The number of rotatable bonds is 4. The number of nitrogens with zero attached hydrogens (tertiary/aromatic N) is 1. The van der Waals surface area contributed by atoms with Crippen molar-refractivity contribution in [3.63, 3.8) is 0 Å². The standard InChI is InChI=1S/C10H20N2O2S/c1-2-3-4-15(13,14)12-7-8-5-9(11)10(12)6-8/h8-10H,2-7,11H2,1H3. The van der Waals surface area contributed by atoms with Gasteiger partial charge < -0.3 is 5.73 Å². The van der Waals surface area contributed by atoms with Gasteiger partial charge in [0.1, 0.15) is 0 Å². The van der Waals surface area contributed by atoms with Gasteiger partial charge in [-0.2, -0.15) is 4.31 Å². The maximum Gasteiger partial charge on any atom is 0.214 e. The van der Waals surface area contributed by atoms with Gasteiger partial charge in [-0.15, -0.1) is 0 Å². The molecule has 0 spiro atoms. The van der Waals surface area contributed by atoms with Gasteiger partial charge in [0.25, 0.3) is 0 Å². The van der Waals surface area contributed by atoms with Crippen molar-refractivity contribution in [2.45, 2.75) is 44.7 Å². The van der Waals surface area contributed by atoms with Crippen LogP contribution >= 0.6 is 0 Å². The predicted molar refractivity (Wildman–Crippen MR) is 59.9 cm³/mol. The highest BCUT2D eigenvalue weighted by atomic mass is 32.2. The minimum absolute atomic E-state index is 0.0696. The van der Waals surface area contributed by atoms with Crippen molar-refractivity contribution in [3.05, 3.63) is 0 Å². The lowest BCUT2D eigenvalue weighted by Crippen LogP contribution is -2.48. The molecule has 0 aromatic carbocycles. The van der Waals surface area contributed by atoms with Crippen LogP contribution in [-0.4, -0.2) is 37.1 Å². The summed E-state index contributed by atoms with van der Waals surface area (Å²) in [6, 6.07) is 0.164. The predicted octanol–water partition coefficient (Wildman–Crippen LogP) is 0.538. The summed E-state index contributed by atoms with van der Waals surface area (Å²) < 4.78 is 25.7. The lowest BCUT2D eigenvalue weighted by atomic mass is 10.1. The molecular formula is C10H20N2O2S. The van der Waals surface area contributed by atoms with E-state index in [1.54, 1.807) is 4.31 Å². The third kappa shape index (κ3) is 2.05. The second kappa shape index (κ2) is 4.03. The number of nitrogens with two attached hydrogens (primary N) is 1. The number of hydrogen-bond donors (Lipinski definition) is 1. The molecule has 1 aliphatic heterocycles. The van der Waals surface area contributed by atoms with Gasteiger partial charge in [0, 0.05) is 18.6 Å². The van der Waals surface area contributed by atoms with Gasteiger partial charge in [-0.3, -0.25) is 0 Å². The number of fused-ring (bicyclic) bond motifs is 2. The molecule has 15 heavy (non-hydrogen) atoms. The van der Waals surface area contributed by atoms with Crippen LogP contribution in [0.4, 0.5) is 0 Å². The van der Waals surface area contributed by atoms with E-state index in [0.717, 1.165) is 25.7 Å². The molecule has 4 nitrogen and oxygen atoms in total. The van der Waals surface area contributed by atoms with Gasteiger partial charge in [-0.05, 0) is 25.2 Å². The Bertz CT molecular complexity index is 328. The molecule has 2 aliphatic rings. The van der Waals surface area contributed by atoms with E-state index in [1.165, 1.54) is 0 Å². The molecule has 2 bridgehead atoms. The van der Waals surface area contributed by atoms with Crippen LogP contribution in [0.5, 0.6) is 0 Å². The molecule has 2 fully saturated rings. The molecule has 3 atom stereocenters. The van der Waals surface area contributed by atoms with Crippen molar-refractivity contribution in [2.75, 3.05) is 12.3 Å². The fourth-order valence-corrected chi connectivity index (χ4v) is 4.77. The topological polar surface area (TPSA) is 63.4 Å². The SMILES string of the molecule is CCCCS(=O)(=O)N1CC2CC(N)C1C2. The molecule has 1 saturated heterocycles. The Morgan fingerprint density at radius 3 is 2.67 bits per heavy atom. The highest BCUT2D eigenvalue weighted by Crippen LogP contribution is 2.38. The zero-order valence-corrected chi connectivity index (χ0v) is 10.0. The summed E-state index contributed by atoms with van der Waals surface area (Å²) in [5, 5.41) is 0. The van der Waals surface area contributed by atoms with Crippen molar-refractivity contribution >= 4 is 10.0 Å². The highest BCUT2D eigenvalue weighted by molar-refractivity contribution is 7.89. The van der Waals surface area contributed by atoms with Crippen molar-refractivity contribution in [2.24, 2.45) is 11.7 Å². The molecule has 1 heterocycles. The number of sulfonamides is 1. The minimum Gasteiger partial charge on any atom is -0.326 e. The average molecular weight is 232 g/mol. The second-order valence-corrected chi connectivity index (χ2v) is 6.85. The second-order valence-electron chi connectivity index (χ2n) is 4.81. The van der Waals surface area contributed by atoms with E-state index in [2.05, 4.69) is 0 Å². The quantitative estimate of drug-likeness (QED) is 0.769. The maximum absolute atomic E-state index is 12.0. The van der Waals surface area contributed by atoms with Crippen LogP contribution in [0.25, 0.3) is 0 Å². The first kappa shape index (κ1) is 11.4. The fourth-order valence-electron chi connectivity index (χ4n) is 2.79. The summed E-state index contributed by atoms with van der Waals surface area (Å²) in [5.41, 5.74) is 5.93. The van der Waals surface area contributed by atoms with Gasteiger partial charge in [-0.25, -0.2) is 8.42 Å². The molecule has 88 valence electrons. The van der Waals surface area contributed by atoms with E-state index in [1.807, 2.05) is 6.92 Å². The minimum atomic E-state index is -3.03. The molecule has 2 N–H and O–H groups in total. The van der Waals surface area contributed by atoms with E-state index in [4.69, 9.17) is 5.73 Å². The number of hydrogen-bond acceptors (Lipinski definition) is 3. The molecule has 3 unspecified atom stereocenters. The first-order valence-electron chi connectivity index (χ1n) is 5.79. The third-order valence-electron chi connectivity index (χ3n) is 3.60. The Hall–Kier alpha value is -0.130. The maximum atomic E-state index is 12.0. The van der Waals surface area contributed by atoms with E-state index in [9.17, 15) is 8.42 Å². The molecule has 2 rings (SSSR count). The first-order valence-corrected chi connectivity index (χ1v) is 7.40. The number of piperidine rings is 1. The summed E-state index contributed by atoms with van der Waals surface area (Å²) in [6.07, 6.45) is 3.66. The monoisotopic (exact) mass is 232 g/mol. The van der Waals surface area contributed by atoms with Crippen LogP contribution in [0, 0.1) is 5.92 Å². The van der Waals surface area contributed by atoms with Crippen LogP contribution in [0.15, 0.2) is 0 Å². The lowest BCUT2D eigenvalue weighted by Gasteiger charge is -2.30. The third-order valence-corrected chi connectivity index (χ3v) is 5.53. The van der Waals surface area contributed by atoms with Crippen LogP contribution in [0.2, 0.25) is 0 Å². The zero-order valence-electron chi connectivity index (χ0n) is 9.22. The Balaban J connectivity index is 2.05. The normalized spacial score (nSPS) is 36.3. The van der Waals surface area contributed by atoms with Crippen molar-refractivity contribution < 1.29 is 8.42 Å². The van der Waals surface area contributed by atoms with Crippen LogP contribution < -0.4 is 5.73 Å². The molecule has 0 aromatic heterocycles. The molecule has 0 aromatic rings. The Morgan fingerprint density at radius 2 is 2.13 bits per heavy atom. The summed E-state index contributed by atoms with van der Waals surface area (Å²) in [6.45, 7) is 2.72. The van der Waals surface area contributed by atoms with Gasteiger partial charge in [0.15, 0.2) is 0 Å². The smallest absolute Gasteiger partial charge is 0.214 e. The van der Waals surface area contributed by atoms with Gasteiger partial charge in [0.2, 0.25) is 10.0 Å². The molecule has 1 saturated carbocycles. The highest BCUT2D eigenvalue weighted by Gasteiger charge is 2.47. The summed E-state index contributed by atoms with van der Waals surface area (Å²) >= 11 is 0. The van der Waals surface area contributed by atoms with E-state index < -0.39 is 10.0 Å². The fraction of sp³-hybridized carbons (Fsp3) is 1.00. The molecule has 0 radical (unpaired) electrons. The Labute approximate surface area is 91.9 Å². The summed E-state index contributed by atoms with van der Waals surface area (Å²) in [4.78, 5) is 0. The van der Waals surface area contributed by atoms with Crippen LogP contribution in [-0.2, 0) is 10.0 Å². The molecule has 5 heteroatoms. The molecule has 0 amide bonds. The van der Waals surface area contributed by atoms with Gasteiger partial charge >= 0.3 is 0 Å². The zero-order chi connectivity index (χ0) is 11.1. The van der Waals surface area contributed by atoms with Gasteiger partial charge in [-0.1, -0.05) is 13.3 Å². The summed E-state index contributed by atoms with van der Waals surface area (Å²) in [7, 11) is -3.03. The molecule has 1 aliphatic carbocycles. The molecular weight excluding hydrogens is 212 g/mol. The van der Waals surface area contributed by atoms with Crippen LogP contribution in [0.1, 0.15) is 32.6 Å². The van der Waals surface area contributed by atoms with E-state index in [-0.39, 0.29) is 12.1 Å². The van der Waals surface area contributed by atoms with Crippen molar-refractivity contribution in [3.8, 4) is 0 Å². The van der Waals surface area contributed by atoms with Crippen molar-refractivity contribution in [1.29, 1.82) is 0 Å². The summed E-state index contributed by atoms with van der Waals surface area (Å²) in [5.74, 6) is 0.806. The van der Waals surface area contributed by atoms with E-state index >= 15 is 0 Å². The average Bonchev–Trinajstić information content (AvgIpc) is 2.73. The van der Waals surface area contributed by atoms with Gasteiger partial charge in [0.05, 0.1) is 5.75 Å². The van der Waals surface area contributed by atoms with E-state index in [0.29, 0.717) is 18.2 Å².